The van der Waals surface area contributed by atoms with Crippen molar-refractivity contribution in [3.63, 3.8) is 0 Å². The lowest BCUT2D eigenvalue weighted by Gasteiger charge is -2.32. The van der Waals surface area contributed by atoms with Crippen LogP contribution in [0.3, 0.4) is 0 Å². The normalized spacial score (nSPS) is 19.9. The number of aromatic nitrogens is 1. The summed E-state index contributed by atoms with van der Waals surface area (Å²) >= 11 is 1.69. The molecule has 0 bridgehead atoms. The van der Waals surface area contributed by atoms with Crippen LogP contribution in [0.15, 0.2) is 5.38 Å². The first-order chi connectivity index (χ1) is 10.8. The van der Waals surface area contributed by atoms with Gasteiger partial charge in [-0.3, -0.25) is 0 Å². The molecule has 2 rings (SSSR count). The summed E-state index contributed by atoms with van der Waals surface area (Å²) in [5.41, 5.74) is 0.700. The number of carbonyl (C=O) groups is 1. The molecule has 0 aromatic carbocycles. The highest BCUT2D eigenvalue weighted by Crippen LogP contribution is 2.23. The van der Waals surface area contributed by atoms with E-state index in [1.54, 1.807) is 11.3 Å². The molecule has 0 radical (unpaired) electrons. The van der Waals surface area contributed by atoms with Gasteiger partial charge in [0, 0.05) is 30.9 Å². The monoisotopic (exact) mass is 339 g/mol. The van der Waals surface area contributed by atoms with E-state index in [9.17, 15) is 4.79 Å². The molecular weight excluding hydrogens is 310 g/mol. The summed E-state index contributed by atoms with van der Waals surface area (Å²) in [5, 5.41) is 6.77. The molecule has 1 fully saturated rings. The summed E-state index contributed by atoms with van der Waals surface area (Å²) in [7, 11) is 0. The highest BCUT2D eigenvalue weighted by molar-refractivity contribution is 7.09. The molecule has 23 heavy (non-hydrogen) atoms. The van der Waals surface area contributed by atoms with Crippen molar-refractivity contribution < 1.29 is 9.53 Å². The average molecular weight is 340 g/mol. The number of ether oxygens (including phenoxy) is 1. The molecule has 0 spiro atoms. The molecule has 1 N–H and O–H groups in total. The fourth-order valence-corrected chi connectivity index (χ4v) is 3.59. The minimum atomic E-state index is -0.441. The highest BCUT2D eigenvalue weighted by atomic mass is 32.1. The van der Waals surface area contributed by atoms with Gasteiger partial charge >= 0.3 is 6.09 Å². The van der Waals surface area contributed by atoms with Crippen LogP contribution in [0.4, 0.5) is 4.79 Å². The Morgan fingerprint density at radius 3 is 2.91 bits per heavy atom. The van der Waals surface area contributed by atoms with Crippen LogP contribution in [-0.4, -0.2) is 46.8 Å². The molecule has 130 valence electrons. The minimum Gasteiger partial charge on any atom is -0.444 e. The van der Waals surface area contributed by atoms with Gasteiger partial charge in [0.05, 0.1) is 16.7 Å². The van der Waals surface area contributed by atoms with Gasteiger partial charge in [0.15, 0.2) is 0 Å². The molecule has 1 aromatic heterocycles. The SMILES string of the molecule is Cc1nc(CCNC(C)C2CCCN2C(=O)OC(C)(C)C)cs1. The van der Waals surface area contributed by atoms with Gasteiger partial charge in [0.2, 0.25) is 0 Å². The molecule has 0 aliphatic carbocycles. The van der Waals surface area contributed by atoms with Crippen molar-refractivity contribution in [1.29, 1.82) is 0 Å². The fourth-order valence-electron chi connectivity index (χ4n) is 2.95. The second kappa shape index (κ2) is 7.62. The Kier molecular flexibility index (Phi) is 6.03. The summed E-state index contributed by atoms with van der Waals surface area (Å²) in [5.74, 6) is 0. The van der Waals surface area contributed by atoms with Gasteiger partial charge in [-0.15, -0.1) is 11.3 Å². The molecule has 0 saturated carbocycles. The lowest BCUT2D eigenvalue weighted by molar-refractivity contribution is 0.0201. The predicted molar refractivity (Wildman–Crippen MR) is 94.0 cm³/mol. The maximum absolute atomic E-state index is 12.3. The van der Waals surface area contributed by atoms with Crippen molar-refractivity contribution in [3.8, 4) is 0 Å². The Balaban J connectivity index is 1.82. The van der Waals surface area contributed by atoms with E-state index in [4.69, 9.17) is 4.74 Å². The molecule has 1 aliphatic rings. The lowest BCUT2D eigenvalue weighted by atomic mass is 10.1. The maximum atomic E-state index is 12.3. The molecule has 1 aromatic rings. The highest BCUT2D eigenvalue weighted by Gasteiger charge is 2.35. The van der Waals surface area contributed by atoms with E-state index in [2.05, 4.69) is 22.6 Å². The number of hydrogen-bond acceptors (Lipinski definition) is 5. The Labute approximate surface area is 143 Å². The van der Waals surface area contributed by atoms with E-state index >= 15 is 0 Å². The minimum absolute atomic E-state index is 0.191. The van der Waals surface area contributed by atoms with Gasteiger partial charge < -0.3 is 15.0 Å². The molecule has 2 unspecified atom stereocenters. The quantitative estimate of drug-likeness (QED) is 0.893. The Morgan fingerprint density at radius 2 is 2.30 bits per heavy atom. The molecular formula is C17H29N3O2S. The lowest BCUT2D eigenvalue weighted by Crippen LogP contribution is -2.49. The van der Waals surface area contributed by atoms with Crippen molar-refractivity contribution in [2.24, 2.45) is 0 Å². The first kappa shape index (κ1) is 18.2. The number of rotatable bonds is 5. The van der Waals surface area contributed by atoms with Crippen molar-refractivity contribution in [2.75, 3.05) is 13.1 Å². The number of amides is 1. The zero-order chi connectivity index (χ0) is 17.0. The summed E-state index contributed by atoms with van der Waals surface area (Å²) in [4.78, 5) is 18.7. The molecule has 1 saturated heterocycles. The smallest absolute Gasteiger partial charge is 0.410 e. The van der Waals surface area contributed by atoms with Crippen LogP contribution in [0.2, 0.25) is 0 Å². The van der Waals surface area contributed by atoms with E-state index in [0.717, 1.165) is 43.1 Å². The second-order valence-electron chi connectivity index (χ2n) is 7.23. The van der Waals surface area contributed by atoms with Crippen molar-refractivity contribution in [1.82, 2.24) is 15.2 Å². The van der Waals surface area contributed by atoms with Gasteiger partial charge in [-0.1, -0.05) is 0 Å². The average Bonchev–Trinajstić information content (AvgIpc) is 3.05. The van der Waals surface area contributed by atoms with Crippen LogP contribution >= 0.6 is 11.3 Å². The summed E-state index contributed by atoms with van der Waals surface area (Å²) in [6, 6.07) is 0.465. The maximum Gasteiger partial charge on any atom is 0.410 e. The topological polar surface area (TPSA) is 54.5 Å². The standard InChI is InChI=1S/C17H29N3O2S/c1-12(18-9-8-14-11-23-13(2)19-14)15-7-6-10-20(15)16(21)22-17(3,4)5/h11-12,15,18H,6-10H2,1-5H3. The second-order valence-corrected chi connectivity index (χ2v) is 8.30. The van der Waals surface area contributed by atoms with Crippen LogP contribution in [0.5, 0.6) is 0 Å². The third kappa shape index (κ3) is 5.46. The molecule has 5 nitrogen and oxygen atoms in total. The first-order valence-electron chi connectivity index (χ1n) is 8.40. The Bertz CT molecular complexity index is 524. The van der Waals surface area contributed by atoms with Crippen LogP contribution in [0, 0.1) is 6.92 Å². The van der Waals surface area contributed by atoms with E-state index in [1.165, 1.54) is 0 Å². The number of aryl methyl sites for hydroxylation is 1. The number of hydrogen-bond donors (Lipinski definition) is 1. The summed E-state index contributed by atoms with van der Waals surface area (Å²) in [6.45, 7) is 11.6. The molecule has 1 amide bonds. The number of nitrogens with one attached hydrogen (secondary N) is 1. The number of likely N-dealkylation sites (tertiary alicyclic amines) is 1. The predicted octanol–water partition coefficient (Wildman–Crippen LogP) is 3.37. The fraction of sp³-hybridized carbons (Fsp3) is 0.765. The molecule has 2 heterocycles. The van der Waals surface area contributed by atoms with Gasteiger partial charge in [-0.05, 0) is 47.5 Å². The van der Waals surface area contributed by atoms with E-state index in [1.807, 2.05) is 32.6 Å². The van der Waals surface area contributed by atoms with Gasteiger partial charge in [0.1, 0.15) is 5.60 Å². The van der Waals surface area contributed by atoms with E-state index < -0.39 is 5.60 Å². The van der Waals surface area contributed by atoms with Gasteiger partial charge in [-0.25, -0.2) is 9.78 Å². The van der Waals surface area contributed by atoms with E-state index in [-0.39, 0.29) is 18.2 Å². The molecule has 1 aliphatic heterocycles. The van der Waals surface area contributed by atoms with Crippen LogP contribution in [-0.2, 0) is 11.2 Å². The molecule has 2 atom stereocenters. The third-order valence-electron chi connectivity index (χ3n) is 4.02. The van der Waals surface area contributed by atoms with E-state index in [0.29, 0.717) is 0 Å². The van der Waals surface area contributed by atoms with Gasteiger partial charge in [-0.2, -0.15) is 0 Å². The Morgan fingerprint density at radius 1 is 1.57 bits per heavy atom. The zero-order valence-electron chi connectivity index (χ0n) is 14.9. The van der Waals surface area contributed by atoms with Gasteiger partial charge in [0.25, 0.3) is 0 Å². The van der Waals surface area contributed by atoms with Crippen molar-refractivity contribution >= 4 is 17.4 Å². The van der Waals surface area contributed by atoms with Crippen molar-refractivity contribution in [2.45, 2.75) is 71.6 Å². The summed E-state index contributed by atoms with van der Waals surface area (Å²) in [6.07, 6.45) is 2.81. The third-order valence-corrected chi connectivity index (χ3v) is 4.84. The molecule has 6 heteroatoms. The first-order valence-corrected chi connectivity index (χ1v) is 9.28. The van der Waals surface area contributed by atoms with Crippen molar-refractivity contribution in [3.05, 3.63) is 16.1 Å². The largest absolute Gasteiger partial charge is 0.444 e. The Hall–Kier alpha value is -1.14. The van der Waals surface area contributed by atoms with Crippen LogP contribution < -0.4 is 5.32 Å². The summed E-state index contributed by atoms with van der Waals surface area (Å²) < 4.78 is 5.53. The number of thiazole rings is 1. The number of carbonyl (C=O) groups excluding carboxylic acids is 1. The zero-order valence-corrected chi connectivity index (χ0v) is 15.7. The van der Waals surface area contributed by atoms with Crippen LogP contribution in [0.1, 0.15) is 51.2 Å². The van der Waals surface area contributed by atoms with Crippen LogP contribution in [0.25, 0.3) is 0 Å². The number of nitrogens with zero attached hydrogens (tertiary/aromatic N) is 2.